The van der Waals surface area contributed by atoms with Crippen LogP contribution in [0, 0.1) is 0 Å². The number of amides is 3. The summed E-state index contributed by atoms with van der Waals surface area (Å²) in [6.07, 6.45) is 3.88. The molecule has 0 spiro atoms. The standard InChI is InChI=1S/C16H20N2O3/c1-2-3-4-11-5-7-12(8-6-11)15(20)17-13-9-10-14(19)18-16(13)21/h5-8,13H,2-4,9-10H2,1H3,(H,17,20)(H,18,19,21). The SMILES string of the molecule is CCCCc1ccc(C(=O)NC2CCC(=O)NC2=O)cc1. The highest BCUT2D eigenvalue weighted by Gasteiger charge is 2.27. The van der Waals surface area contributed by atoms with Crippen LogP contribution < -0.4 is 10.6 Å². The van der Waals surface area contributed by atoms with Crippen LogP contribution in [0.1, 0.15) is 48.5 Å². The van der Waals surface area contributed by atoms with Crippen molar-refractivity contribution in [2.45, 2.75) is 45.1 Å². The van der Waals surface area contributed by atoms with Crippen molar-refractivity contribution in [1.82, 2.24) is 10.6 Å². The van der Waals surface area contributed by atoms with Crippen LogP contribution in [0.2, 0.25) is 0 Å². The number of rotatable bonds is 5. The summed E-state index contributed by atoms with van der Waals surface area (Å²) in [6.45, 7) is 2.14. The molecule has 2 N–H and O–H groups in total. The molecular weight excluding hydrogens is 268 g/mol. The van der Waals surface area contributed by atoms with Gasteiger partial charge in [-0.3, -0.25) is 19.7 Å². The smallest absolute Gasteiger partial charge is 0.251 e. The lowest BCUT2D eigenvalue weighted by Crippen LogP contribution is -2.52. The Labute approximate surface area is 124 Å². The van der Waals surface area contributed by atoms with Crippen LogP contribution in [-0.2, 0) is 16.0 Å². The molecule has 1 fully saturated rings. The molecule has 0 radical (unpaired) electrons. The molecule has 1 aromatic rings. The highest BCUT2D eigenvalue weighted by Crippen LogP contribution is 2.10. The number of benzene rings is 1. The first kappa shape index (κ1) is 15.2. The predicted octanol–water partition coefficient (Wildman–Crippen LogP) is 1.56. The minimum absolute atomic E-state index is 0.257. The molecule has 0 aliphatic carbocycles. The number of piperidine rings is 1. The quantitative estimate of drug-likeness (QED) is 0.807. The van der Waals surface area contributed by atoms with E-state index in [1.54, 1.807) is 12.1 Å². The van der Waals surface area contributed by atoms with Gasteiger partial charge in [0.15, 0.2) is 0 Å². The van der Waals surface area contributed by atoms with Crippen LogP contribution in [0.15, 0.2) is 24.3 Å². The zero-order valence-corrected chi connectivity index (χ0v) is 12.1. The van der Waals surface area contributed by atoms with Gasteiger partial charge in [0.2, 0.25) is 11.8 Å². The molecule has 1 aliphatic rings. The van der Waals surface area contributed by atoms with Crippen molar-refractivity contribution < 1.29 is 14.4 Å². The lowest BCUT2D eigenvalue weighted by atomic mass is 10.0. The van der Waals surface area contributed by atoms with E-state index < -0.39 is 11.9 Å². The van der Waals surface area contributed by atoms with E-state index >= 15 is 0 Å². The predicted molar refractivity (Wildman–Crippen MR) is 78.7 cm³/mol. The second-order valence-corrected chi connectivity index (χ2v) is 5.28. The summed E-state index contributed by atoms with van der Waals surface area (Å²) in [4.78, 5) is 34.7. The Balaban J connectivity index is 1.94. The van der Waals surface area contributed by atoms with Gasteiger partial charge in [-0.1, -0.05) is 25.5 Å². The van der Waals surface area contributed by atoms with Gasteiger partial charge in [0.25, 0.3) is 5.91 Å². The third kappa shape index (κ3) is 4.15. The molecule has 0 aromatic heterocycles. The number of carbonyl (C=O) groups excluding carboxylic acids is 3. The Morgan fingerprint density at radius 3 is 2.62 bits per heavy atom. The first-order valence-corrected chi connectivity index (χ1v) is 7.33. The molecule has 5 heteroatoms. The first-order valence-electron chi connectivity index (χ1n) is 7.33. The fraction of sp³-hybridized carbons (Fsp3) is 0.438. The Kier molecular flexibility index (Phi) is 5.09. The van der Waals surface area contributed by atoms with Gasteiger partial charge in [-0.15, -0.1) is 0 Å². The van der Waals surface area contributed by atoms with E-state index in [4.69, 9.17) is 0 Å². The van der Waals surface area contributed by atoms with E-state index in [0.717, 1.165) is 19.3 Å². The van der Waals surface area contributed by atoms with Gasteiger partial charge in [-0.05, 0) is 37.0 Å². The number of nitrogens with one attached hydrogen (secondary N) is 2. The number of carbonyl (C=O) groups is 3. The van der Waals surface area contributed by atoms with Crippen molar-refractivity contribution in [3.63, 3.8) is 0 Å². The van der Waals surface area contributed by atoms with Gasteiger partial charge in [0, 0.05) is 12.0 Å². The van der Waals surface area contributed by atoms with Crippen molar-refractivity contribution in [2.24, 2.45) is 0 Å². The molecule has 2 rings (SSSR count). The van der Waals surface area contributed by atoms with Crippen molar-refractivity contribution >= 4 is 17.7 Å². The van der Waals surface area contributed by atoms with E-state index in [2.05, 4.69) is 17.6 Å². The molecule has 0 bridgehead atoms. The zero-order valence-electron chi connectivity index (χ0n) is 12.1. The molecule has 1 heterocycles. The van der Waals surface area contributed by atoms with E-state index in [1.165, 1.54) is 5.56 Å². The highest BCUT2D eigenvalue weighted by molar-refractivity contribution is 6.03. The molecule has 1 aromatic carbocycles. The summed E-state index contributed by atoms with van der Waals surface area (Å²) < 4.78 is 0. The van der Waals surface area contributed by atoms with Crippen molar-refractivity contribution in [3.8, 4) is 0 Å². The molecule has 1 unspecified atom stereocenters. The Morgan fingerprint density at radius 1 is 1.29 bits per heavy atom. The summed E-state index contributed by atoms with van der Waals surface area (Å²) in [5.41, 5.74) is 1.73. The normalized spacial score (nSPS) is 18.2. The van der Waals surface area contributed by atoms with Gasteiger partial charge >= 0.3 is 0 Å². The van der Waals surface area contributed by atoms with Crippen LogP contribution >= 0.6 is 0 Å². The fourth-order valence-electron chi connectivity index (χ4n) is 2.28. The van der Waals surface area contributed by atoms with Crippen LogP contribution in [0.25, 0.3) is 0 Å². The largest absolute Gasteiger partial charge is 0.340 e. The summed E-state index contributed by atoms with van der Waals surface area (Å²) in [7, 11) is 0. The van der Waals surface area contributed by atoms with Crippen LogP contribution in [0.5, 0.6) is 0 Å². The molecular formula is C16H20N2O3. The average Bonchev–Trinajstić information content (AvgIpc) is 2.48. The minimum Gasteiger partial charge on any atom is -0.340 e. The van der Waals surface area contributed by atoms with Crippen molar-refractivity contribution in [2.75, 3.05) is 0 Å². The molecule has 21 heavy (non-hydrogen) atoms. The lowest BCUT2D eigenvalue weighted by molar-refractivity contribution is -0.134. The Morgan fingerprint density at radius 2 is 2.00 bits per heavy atom. The zero-order chi connectivity index (χ0) is 15.2. The van der Waals surface area contributed by atoms with E-state index in [-0.39, 0.29) is 18.2 Å². The van der Waals surface area contributed by atoms with E-state index in [9.17, 15) is 14.4 Å². The number of hydrogen-bond acceptors (Lipinski definition) is 3. The number of hydrogen-bond donors (Lipinski definition) is 2. The summed E-state index contributed by atoms with van der Waals surface area (Å²) in [5.74, 6) is -1.00. The highest BCUT2D eigenvalue weighted by atomic mass is 16.2. The first-order chi connectivity index (χ1) is 10.1. The average molecular weight is 288 g/mol. The second-order valence-electron chi connectivity index (χ2n) is 5.28. The number of unbranched alkanes of at least 4 members (excludes halogenated alkanes) is 1. The fourth-order valence-corrected chi connectivity index (χ4v) is 2.28. The number of aryl methyl sites for hydroxylation is 1. The van der Waals surface area contributed by atoms with Gasteiger partial charge in [0.1, 0.15) is 6.04 Å². The van der Waals surface area contributed by atoms with Gasteiger partial charge < -0.3 is 5.32 Å². The van der Waals surface area contributed by atoms with Crippen molar-refractivity contribution in [3.05, 3.63) is 35.4 Å². The third-order valence-corrected chi connectivity index (χ3v) is 3.58. The molecule has 1 aliphatic heterocycles. The van der Waals surface area contributed by atoms with Crippen LogP contribution in [0.4, 0.5) is 0 Å². The summed E-state index contributed by atoms with van der Waals surface area (Å²) >= 11 is 0. The van der Waals surface area contributed by atoms with Crippen molar-refractivity contribution in [1.29, 1.82) is 0 Å². The summed E-state index contributed by atoms with van der Waals surface area (Å²) in [5, 5.41) is 4.89. The molecule has 3 amide bonds. The van der Waals surface area contributed by atoms with Gasteiger partial charge in [0.05, 0.1) is 0 Å². The van der Waals surface area contributed by atoms with Gasteiger partial charge in [-0.2, -0.15) is 0 Å². The van der Waals surface area contributed by atoms with E-state index in [1.807, 2.05) is 12.1 Å². The maximum atomic E-state index is 12.1. The molecule has 5 nitrogen and oxygen atoms in total. The maximum absolute atomic E-state index is 12.1. The minimum atomic E-state index is -0.630. The molecule has 1 saturated heterocycles. The van der Waals surface area contributed by atoms with Gasteiger partial charge in [-0.25, -0.2) is 0 Å². The second kappa shape index (κ2) is 7.02. The lowest BCUT2D eigenvalue weighted by Gasteiger charge is -2.21. The molecule has 0 saturated carbocycles. The maximum Gasteiger partial charge on any atom is 0.251 e. The van der Waals surface area contributed by atoms with E-state index in [0.29, 0.717) is 12.0 Å². The summed E-state index contributed by atoms with van der Waals surface area (Å²) in [6, 6.07) is 6.79. The molecule has 112 valence electrons. The van der Waals surface area contributed by atoms with Crippen LogP contribution in [-0.4, -0.2) is 23.8 Å². The Bertz CT molecular complexity index is 537. The Hall–Kier alpha value is -2.17. The monoisotopic (exact) mass is 288 g/mol. The third-order valence-electron chi connectivity index (χ3n) is 3.58. The van der Waals surface area contributed by atoms with Crippen LogP contribution in [0.3, 0.4) is 0 Å². The number of imide groups is 1. The topological polar surface area (TPSA) is 75.3 Å². The molecule has 1 atom stereocenters.